The molecule has 0 amide bonds. The molecule has 0 aliphatic heterocycles. The molecule has 2 saturated carbocycles. The first kappa shape index (κ1) is 15.3. The molecule has 0 heterocycles. The minimum atomic E-state index is 0.313. The van der Waals surface area contributed by atoms with Crippen LogP contribution in [-0.4, -0.2) is 29.6 Å². The summed E-state index contributed by atoms with van der Waals surface area (Å²) in [5, 5.41) is 0. The molecule has 0 radical (unpaired) electrons. The van der Waals surface area contributed by atoms with Crippen LogP contribution in [0.3, 0.4) is 0 Å². The zero-order valence-corrected chi connectivity index (χ0v) is 13.5. The van der Waals surface area contributed by atoms with Gasteiger partial charge in [-0.05, 0) is 62.8 Å². The maximum absolute atomic E-state index is 6.29. The summed E-state index contributed by atoms with van der Waals surface area (Å²) in [5.41, 5.74) is 6.61. The monoisotopic (exact) mass is 266 g/mol. The molecular weight excluding hydrogens is 232 g/mol. The molecule has 0 bridgehead atoms. The molecule has 2 heteroatoms. The van der Waals surface area contributed by atoms with Gasteiger partial charge < -0.3 is 5.73 Å². The summed E-state index contributed by atoms with van der Waals surface area (Å²) in [6.45, 7) is 11.6. The minimum Gasteiger partial charge on any atom is -0.329 e. The average molecular weight is 266 g/mol. The summed E-state index contributed by atoms with van der Waals surface area (Å²) in [6, 6.07) is 0.847. The molecule has 2 unspecified atom stereocenters. The predicted octanol–water partition coefficient (Wildman–Crippen LogP) is 3.65. The van der Waals surface area contributed by atoms with Crippen molar-refractivity contribution >= 4 is 0 Å². The fraction of sp³-hybridized carbons (Fsp3) is 1.00. The molecular formula is C17H34N2. The maximum atomic E-state index is 6.29. The van der Waals surface area contributed by atoms with Gasteiger partial charge in [0.1, 0.15) is 0 Å². The second-order valence-corrected chi connectivity index (χ2v) is 7.89. The number of nitrogens with two attached hydrogens (primary N) is 1. The van der Waals surface area contributed by atoms with Crippen molar-refractivity contribution < 1.29 is 0 Å². The summed E-state index contributed by atoms with van der Waals surface area (Å²) in [4.78, 5) is 2.83. The van der Waals surface area contributed by atoms with Gasteiger partial charge in [0, 0.05) is 18.1 Å². The number of hydrogen-bond acceptors (Lipinski definition) is 2. The lowest BCUT2D eigenvalue weighted by atomic mass is 9.70. The molecule has 112 valence electrons. The third kappa shape index (κ3) is 3.72. The van der Waals surface area contributed by atoms with E-state index in [2.05, 4.69) is 32.6 Å². The quantitative estimate of drug-likeness (QED) is 0.795. The third-order valence-electron chi connectivity index (χ3n) is 5.19. The van der Waals surface area contributed by atoms with Crippen LogP contribution in [0, 0.1) is 17.8 Å². The van der Waals surface area contributed by atoms with Gasteiger partial charge in [-0.15, -0.1) is 0 Å². The Kier molecular flexibility index (Phi) is 4.94. The van der Waals surface area contributed by atoms with Crippen LogP contribution in [0.2, 0.25) is 0 Å². The molecule has 2 N–H and O–H groups in total. The first-order valence-corrected chi connectivity index (χ1v) is 8.43. The molecule has 0 saturated heterocycles. The van der Waals surface area contributed by atoms with Gasteiger partial charge in [-0.3, -0.25) is 4.90 Å². The van der Waals surface area contributed by atoms with E-state index in [4.69, 9.17) is 5.73 Å². The van der Waals surface area contributed by atoms with Crippen LogP contribution in [0.5, 0.6) is 0 Å². The van der Waals surface area contributed by atoms with E-state index in [0.717, 1.165) is 30.3 Å². The largest absolute Gasteiger partial charge is 0.329 e. The Balaban J connectivity index is 2.10. The van der Waals surface area contributed by atoms with Gasteiger partial charge in [-0.2, -0.15) is 0 Å². The fourth-order valence-electron chi connectivity index (χ4n) is 4.34. The smallest absolute Gasteiger partial charge is 0.0339 e. The Morgan fingerprint density at radius 2 is 1.74 bits per heavy atom. The Morgan fingerprint density at radius 1 is 1.16 bits per heavy atom. The third-order valence-corrected chi connectivity index (χ3v) is 5.19. The molecule has 0 aromatic carbocycles. The molecule has 2 nitrogen and oxygen atoms in total. The van der Waals surface area contributed by atoms with Crippen molar-refractivity contribution in [2.75, 3.05) is 13.1 Å². The highest BCUT2D eigenvalue weighted by Crippen LogP contribution is 2.44. The second-order valence-electron chi connectivity index (χ2n) is 7.89. The van der Waals surface area contributed by atoms with Crippen LogP contribution in [-0.2, 0) is 0 Å². The molecule has 0 aromatic heterocycles. The molecule has 19 heavy (non-hydrogen) atoms. The maximum Gasteiger partial charge on any atom is 0.0339 e. The zero-order valence-electron chi connectivity index (χ0n) is 13.5. The van der Waals surface area contributed by atoms with Gasteiger partial charge in [-0.25, -0.2) is 0 Å². The van der Waals surface area contributed by atoms with Crippen molar-refractivity contribution in [1.82, 2.24) is 4.90 Å². The minimum absolute atomic E-state index is 0.313. The Labute approximate surface area is 120 Å². The van der Waals surface area contributed by atoms with Gasteiger partial charge >= 0.3 is 0 Å². The van der Waals surface area contributed by atoms with Crippen LogP contribution < -0.4 is 5.73 Å². The lowest BCUT2D eigenvalue weighted by Gasteiger charge is -2.50. The van der Waals surface area contributed by atoms with Crippen molar-refractivity contribution in [2.45, 2.75) is 77.8 Å². The van der Waals surface area contributed by atoms with Gasteiger partial charge in [0.15, 0.2) is 0 Å². The molecule has 2 fully saturated rings. The second kappa shape index (κ2) is 6.13. The molecule has 0 aromatic rings. The van der Waals surface area contributed by atoms with Crippen molar-refractivity contribution in [2.24, 2.45) is 23.5 Å². The Hall–Kier alpha value is -0.0800. The van der Waals surface area contributed by atoms with E-state index in [9.17, 15) is 0 Å². The molecule has 2 aliphatic rings. The highest BCUT2D eigenvalue weighted by atomic mass is 15.3. The summed E-state index contributed by atoms with van der Waals surface area (Å²) < 4.78 is 0. The summed E-state index contributed by atoms with van der Waals surface area (Å²) in [5.74, 6) is 2.48. The van der Waals surface area contributed by atoms with Gasteiger partial charge in [0.2, 0.25) is 0 Å². The van der Waals surface area contributed by atoms with Crippen LogP contribution in [0.25, 0.3) is 0 Å². The number of nitrogens with zero attached hydrogens (tertiary/aromatic N) is 1. The van der Waals surface area contributed by atoms with Crippen molar-refractivity contribution in [3.8, 4) is 0 Å². The normalized spacial score (nSPS) is 36.2. The first-order valence-electron chi connectivity index (χ1n) is 8.43. The zero-order chi connectivity index (χ0) is 14.0. The van der Waals surface area contributed by atoms with Crippen LogP contribution >= 0.6 is 0 Å². The number of rotatable bonds is 6. The molecule has 2 atom stereocenters. The predicted molar refractivity (Wildman–Crippen MR) is 83.1 cm³/mol. The summed E-state index contributed by atoms with van der Waals surface area (Å²) in [7, 11) is 0. The van der Waals surface area contributed by atoms with E-state index >= 15 is 0 Å². The van der Waals surface area contributed by atoms with Crippen LogP contribution in [0.15, 0.2) is 0 Å². The lowest BCUT2D eigenvalue weighted by molar-refractivity contribution is 0.01000. The standard InChI is InChI=1S/C17H34N2/c1-13(2)7-8-19(16-5-6-16)17(12-18)10-14(3)9-15(4)11-17/h13-16H,5-12,18H2,1-4H3. The fourth-order valence-corrected chi connectivity index (χ4v) is 4.34. The molecule has 2 rings (SSSR count). The SMILES string of the molecule is CC(C)CCN(C1CC1)C1(CN)CC(C)CC(C)C1. The van der Waals surface area contributed by atoms with E-state index in [-0.39, 0.29) is 0 Å². The van der Waals surface area contributed by atoms with E-state index in [1.807, 2.05) is 0 Å². The number of hydrogen-bond donors (Lipinski definition) is 1. The lowest BCUT2D eigenvalue weighted by Crippen LogP contribution is -2.58. The van der Waals surface area contributed by atoms with Crippen LogP contribution in [0.4, 0.5) is 0 Å². The van der Waals surface area contributed by atoms with Crippen molar-refractivity contribution in [1.29, 1.82) is 0 Å². The van der Waals surface area contributed by atoms with E-state index < -0.39 is 0 Å². The van der Waals surface area contributed by atoms with E-state index in [1.54, 1.807) is 0 Å². The highest BCUT2D eigenvalue weighted by molar-refractivity contribution is 5.02. The molecule has 0 spiro atoms. The Morgan fingerprint density at radius 3 is 2.16 bits per heavy atom. The first-order chi connectivity index (χ1) is 8.97. The Bertz CT molecular complexity index is 273. The average Bonchev–Trinajstić information content (AvgIpc) is 3.11. The summed E-state index contributed by atoms with van der Waals surface area (Å²) >= 11 is 0. The summed E-state index contributed by atoms with van der Waals surface area (Å²) in [6.07, 6.45) is 8.17. The highest BCUT2D eigenvalue weighted by Gasteiger charge is 2.46. The van der Waals surface area contributed by atoms with Crippen LogP contribution in [0.1, 0.15) is 66.2 Å². The topological polar surface area (TPSA) is 29.3 Å². The molecule has 2 aliphatic carbocycles. The van der Waals surface area contributed by atoms with Crippen molar-refractivity contribution in [3.05, 3.63) is 0 Å². The van der Waals surface area contributed by atoms with E-state index in [0.29, 0.717) is 5.54 Å². The van der Waals surface area contributed by atoms with Crippen molar-refractivity contribution in [3.63, 3.8) is 0 Å². The van der Waals surface area contributed by atoms with E-state index in [1.165, 1.54) is 45.1 Å². The van der Waals surface area contributed by atoms with Gasteiger partial charge in [0.05, 0.1) is 0 Å². The van der Waals surface area contributed by atoms with Gasteiger partial charge in [-0.1, -0.05) is 27.7 Å². The van der Waals surface area contributed by atoms with Gasteiger partial charge in [0.25, 0.3) is 0 Å².